The Hall–Kier alpha value is -2.88. The third-order valence-corrected chi connectivity index (χ3v) is 9.99. The average Bonchev–Trinajstić information content (AvgIpc) is 2.94. The van der Waals surface area contributed by atoms with Gasteiger partial charge >= 0.3 is 0 Å². The molecule has 40 heavy (non-hydrogen) atoms. The van der Waals surface area contributed by atoms with E-state index in [9.17, 15) is 8.42 Å². The third-order valence-electron chi connectivity index (χ3n) is 7.50. The number of hydrogen-bond acceptors (Lipinski definition) is 8. The Bertz CT molecular complexity index is 1420. The van der Waals surface area contributed by atoms with Gasteiger partial charge in [-0.1, -0.05) is 37.1 Å². The van der Waals surface area contributed by atoms with Gasteiger partial charge in [-0.2, -0.15) is 4.98 Å². The van der Waals surface area contributed by atoms with E-state index in [1.54, 1.807) is 45.2 Å². The van der Waals surface area contributed by atoms with Crippen LogP contribution < -0.4 is 15.4 Å². The summed E-state index contributed by atoms with van der Waals surface area (Å²) in [5, 5.41) is 6.07. The van der Waals surface area contributed by atoms with Crippen molar-refractivity contribution >= 4 is 44.6 Å². The van der Waals surface area contributed by atoms with Gasteiger partial charge in [0.1, 0.15) is 10.8 Å². The fourth-order valence-corrected chi connectivity index (χ4v) is 6.43. The first-order valence-electron chi connectivity index (χ1n) is 13.9. The lowest BCUT2D eigenvalue weighted by molar-refractivity contribution is 0.209. The summed E-state index contributed by atoms with van der Waals surface area (Å²) < 4.78 is 31.6. The zero-order chi connectivity index (χ0) is 28.9. The third kappa shape index (κ3) is 6.87. The summed E-state index contributed by atoms with van der Waals surface area (Å²) in [6.07, 6.45) is 6.25. The van der Waals surface area contributed by atoms with E-state index >= 15 is 0 Å². The number of nitrogens with zero attached hydrogens (tertiary/aromatic N) is 3. The van der Waals surface area contributed by atoms with Crippen molar-refractivity contribution in [3.63, 3.8) is 0 Å². The van der Waals surface area contributed by atoms with Gasteiger partial charge in [0, 0.05) is 0 Å². The molecule has 0 aliphatic carbocycles. The molecule has 0 saturated carbocycles. The molecule has 1 aliphatic heterocycles. The fraction of sp³-hybridized carbons (Fsp3) is 0.467. The van der Waals surface area contributed by atoms with Gasteiger partial charge in [0.15, 0.2) is 15.7 Å². The quantitative estimate of drug-likeness (QED) is 0.246. The van der Waals surface area contributed by atoms with Crippen molar-refractivity contribution in [1.82, 2.24) is 14.9 Å². The summed E-state index contributed by atoms with van der Waals surface area (Å²) in [6.45, 7) is 11.1. The second-order valence-electron chi connectivity index (χ2n) is 10.6. The maximum atomic E-state index is 12.9. The number of aryl methyl sites for hydroxylation is 1. The number of benzene rings is 2. The first kappa shape index (κ1) is 30.1. The lowest BCUT2D eigenvalue weighted by Gasteiger charge is -2.33. The second-order valence-corrected chi connectivity index (χ2v) is 13.5. The molecule has 2 aromatic carbocycles. The van der Waals surface area contributed by atoms with E-state index in [4.69, 9.17) is 16.3 Å². The first-order chi connectivity index (χ1) is 19.1. The van der Waals surface area contributed by atoms with Gasteiger partial charge in [-0.25, -0.2) is 13.4 Å². The number of halogens is 1. The Labute approximate surface area is 243 Å². The van der Waals surface area contributed by atoms with Crippen molar-refractivity contribution in [1.29, 1.82) is 0 Å². The predicted octanol–water partition coefficient (Wildman–Crippen LogP) is 7.10. The van der Waals surface area contributed by atoms with Crippen LogP contribution in [0.15, 0.2) is 47.5 Å². The molecule has 4 rings (SSSR count). The molecule has 2 N–H and O–H groups in total. The number of unbranched alkanes of at least 4 members (excludes halogenated alkanes) is 1. The van der Waals surface area contributed by atoms with E-state index in [2.05, 4.69) is 51.5 Å². The number of para-hydroxylation sites is 1. The highest BCUT2D eigenvalue weighted by Crippen LogP contribution is 2.38. The highest BCUT2D eigenvalue weighted by molar-refractivity contribution is 7.92. The Morgan fingerprint density at radius 3 is 2.52 bits per heavy atom. The Kier molecular flexibility index (Phi) is 9.92. The molecule has 0 radical (unpaired) electrons. The fourth-order valence-electron chi connectivity index (χ4n) is 5.09. The minimum Gasteiger partial charge on any atom is -0.495 e. The van der Waals surface area contributed by atoms with Crippen LogP contribution in [0.3, 0.4) is 0 Å². The minimum absolute atomic E-state index is 0.193. The van der Waals surface area contributed by atoms with Gasteiger partial charge in [-0.3, -0.25) is 0 Å². The number of ether oxygens (including phenoxy) is 1. The molecule has 10 heteroatoms. The maximum absolute atomic E-state index is 12.9. The van der Waals surface area contributed by atoms with Crippen molar-refractivity contribution in [3.05, 3.63) is 58.7 Å². The number of nitrogens with one attached hydrogen (secondary N) is 2. The number of piperidine rings is 1. The molecule has 1 fully saturated rings. The van der Waals surface area contributed by atoms with Crippen molar-refractivity contribution < 1.29 is 13.2 Å². The number of rotatable bonds is 11. The van der Waals surface area contributed by atoms with Crippen LogP contribution in [0.2, 0.25) is 5.02 Å². The molecule has 3 aromatic rings. The zero-order valence-corrected chi connectivity index (χ0v) is 25.6. The Morgan fingerprint density at radius 2 is 1.85 bits per heavy atom. The summed E-state index contributed by atoms with van der Waals surface area (Å²) in [6, 6.07) is 10.9. The van der Waals surface area contributed by atoms with Crippen LogP contribution in [-0.2, 0) is 9.84 Å². The molecule has 2 heterocycles. The van der Waals surface area contributed by atoms with Gasteiger partial charge in [-0.05, 0) is 101 Å². The van der Waals surface area contributed by atoms with Gasteiger partial charge in [-0.15, -0.1) is 0 Å². The number of methoxy groups -OCH3 is 1. The molecule has 8 nitrogen and oxygen atoms in total. The largest absolute Gasteiger partial charge is 0.495 e. The van der Waals surface area contributed by atoms with Crippen molar-refractivity contribution in [3.8, 4) is 5.75 Å². The normalized spacial score (nSPS) is 14.9. The molecule has 1 saturated heterocycles. The summed E-state index contributed by atoms with van der Waals surface area (Å²) in [4.78, 5) is 11.7. The van der Waals surface area contributed by atoms with Gasteiger partial charge in [0.05, 0.1) is 34.8 Å². The van der Waals surface area contributed by atoms with Crippen LogP contribution in [0.25, 0.3) is 0 Å². The highest BCUT2D eigenvalue weighted by Gasteiger charge is 2.24. The van der Waals surface area contributed by atoms with Crippen LogP contribution >= 0.6 is 11.6 Å². The van der Waals surface area contributed by atoms with E-state index in [1.807, 2.05) is 0 Å². The van der Waals surface area contributed by atoms with Crippen LogP contribution in [0, 0.1) is 6.92 Å². The topological polar surface area (TPSA) is 96.5 Å². The Balaban J connectivity index is 1.55. The maximum Gasteiger partial charge on any atom is 0.229 e. The highest BCUT2D eigenvalue weighted by atomic mass is 35.5. The molecule has 0 spiro atoms. The van der Waals surface area contributed by atoms with Crippen molar-refractivity contribution in [2.45, 2.75) is 69.4 Å². The van der Waals surface area contributed by atoms with Crippen molar-refractivity contribution in [2.75, 3.05) is 37.4 Å². The average molecular weight is 586 g/mol. The zero-order valence-electron chi connectivity index (χ0n) is 24.0. The van der Waals surface area contributed by atoms with E-state index in [-0.39, 0.29) is 9.92 Å². The molecular formula is C30H40ClN5O3S. The summed E-state index contributed by atoms with van der Waals surface area (Å²) in [5.74, 6) is 1.83. The Morgan fingerprint density at radius 1 is 1.12 bits per heavy atom. The number of hydrogen-bond donors (Lipinski definition) is 2. The van der Waals surface area contributed by atoms with Gasteiger partial charge in [0.2, 0.25) is 5.95 Å². The second kappa shape index (κ2) is 13.2. The summed E-state index contributed by atoms with van der Waals surface area (Å²) >= 11 is 6.41. The van der Waals surface area contributed by atoms with Gasteiger partial charge < -0.3 is 20.3 Å². The first-order valence-corrected chi connectivity index (χ1v) is 15.9. The van der Waals surface area contributed by atoms with Crippen LogP contribution in [0.1, 0.15) is 63.5 Å². The minimum atomic E-state index is -3.52. The number of aromatic nitrogens is 2. The molecule has 0 atom stereocenters. The van der Waals surface area contributed by atoms with Crippen LogP contribution in [0.5, 0.6) is 5.75 Å². The van der Waals surface area contributed by atoms with Crippen LogP contribution in [0.4, 0.5) is 23.1 Å². The summed E-state index contributed by atoms with van der Waals surface area (Å²) in [7, 11) is -1.86. The van der Waals surface area contributed by atoms with E-state index in [1.165, 1.54) is 36.7 Å². The van der Waals surface area contributed by atoms with Gasteiger partial charge in [0.25, 0.3) is 0 Å². The van der Waals surface area contributed by atoms with E-state index < -0.39 is 15.1 Å². The number of sulfone groups is 1. The van der Waals surface area contributed by atoms with Crippen molar-refractivity contribution in [2.24, 2.45) is 0 Å². The molecule has 0 unspecified atom stereocenters. The number of anilines is 4. The SMILES string of the molecule is CCCCN1CCC(c2cc(OC)c(Nc3ncc(Cl)c(Nc4ccccc4S(=O)(=O)C(C)C)n3)cc2C)CC1. The molecule has 0 amide bonds. The molecule has 1 aromatic heterocycles. The molecule has 1 aliphatic rings. The molecule has 0 bridgehead atoms. The van der Waals surface area contributed by atoms with E-state index in [0.29, 0.717) is 23.4 Å². The standard InChI is InChI=1S/C30H40ClN5O3S/c1-6-7-14-36-15-12-22(13-16-36)23-18-27(39-5)26(17-21(23)4)34-30-32-19-24(31)29(35-30)33-25-10-8-9-11-28(25)40(37,38)20(2)3/h8-11,17-20,22H,6-7,12-16H2,1-5H3,(H2,32,33,34,35). The predicted molar refractivity (Wildman–Crippen MR) is 163 cm³/mol. The monoisotopic (exact) mass is 585 g/mol. The smallest absolute Gasteiger partial charge is 0.229 e. The van der Waals surface area contributed by atoms with E-state index in [0.717, 1.165) is 37.4 Å². The lowest BCUT2D eigenvalue weighted by Crippen LogP contribution is -2.33. The number of likely N-dealkylation sites (tertiary alicyclic amines) is 1. The van der Waals surface area contributed by atoms with Crippen LogP contribution in [-0.4, -0.2) is 55.3 Å². The lowest BCUT2D eigenvalue weighted by atomic mass is 9.86. The molecular weight excluding hydrogens is 546 g/mol. The molecule has 216 valence electrons. The summed E-state index contributed by atoms with van der Waals surface area (Å²) in [5.41, 5.74) is 3.66.